The molecule has 1 fully saturated rings. The second-order valence-corrected chi connectivity index (χ2v) is 5.20. The van der Waals surface area contributed by atoms with Crippen LogP contribution in [0.1, 0.15) is 32.1 Å². The quantitative estimate of drug-likeness (QED) is 0.868. The van der Waals surface area contributed by atoms with E-state index in [0.717, 1.165) is 25.7 Å². The molecule has 4 heteroatoms. The molecule has 1 aliphatic carbocycles. The first kappa shape index (κ1) is 12.7. The summed E-state index contributed by atoms with van der Waals surface area (Å²) in [6, 6.07) is 4.38. The SMILES string of the molecule is NCC1(Nc2cc(F)ccc2Cl)CCCCC1. The fraction of sp³-hybridized carbons (Fsp3) is 0.538. The van der Waals surface area contributed by atoms with Crippen molar-refractivity contribution < 1.29 is 4.39 Å². The van der Waals surface area contributed by atoms with Crippen molar-refractivity contribution in [2.45, 2.75) is 37.6 Å². The average Bonchev–Trinajstić information content (AvgIpc) is 2.35. The Morgan fingerprint density at radius 3 is 2.65 bits per heavy atom. The zero-order valence-electron chi connectivity index (χ0n) is 9.81. The lowest BCUT2D eigenvalue weighted by molar-refractivity contribution is 0.331. The molecular formula is C13H18ClFN2. The third-order valence-corrected chi connectivity index (χ3v) is 3.86. The summed E-state index contributed by atoms with van der Waals surface area (Å²) < 4.78 is 13.2. The molecule has 0 radical (unpaired) electrons. The van der Waals surface area contributed by atoms with Gasteiger partial charge in [0.25, 0.3) is 0 Å². The summed E-state index contributed by atoms with van der Waals surface area (Å²) in [6.07, 6.45) is 5.63. The lowest BCUT2D eigenvalue weighted by Gasteiger charge is -2.38. The summed E-state index contributed by atoms with van der Waals surface area (Å²) in [4.78, 5) is 0. The van der Waals surface area contributed by atoms with Gasteiger partial charge in [0.15, 0.2) is 0 Å². The van der Waals surface area contributed by atoms with E-state index >= 15 is 0 Å². The van der Waals surface area contributed by atoms with Crippen molar-refractivity contribution in [3.63, 3.8) is 0 Å². The molecule has 1 aromatic carbocycles. The Hall–Kier alpha value is -0.800. The van der Waals surface area contributed by atoms with Gasteiger partial charge in [0.2, 0.25) is 0 Å². The number of nitrogens with one attached hydrogen (secondary N) is 1. The predicted molar refractivity (Wildman–Crippen MR) is 69.9 cm³/mol. The summed E-state index contributed by atoms with van der Waals surface area (Å²) in [5, 5.41) is 3.90. The van der Waals surface area contributed by atoms with Crippen molar-refractivity contribution in [1.82, 2.24) is 0 Å². The zero-order valence-corrected chi connectivity index (χ0v) is 10.6. The van der Waals surface area contributed by atoms with E-state index in [2.05, 4.69) is 5.32 Å². The van der Waals surface area contributed by atoms with Crippen molar-refractivity contribution in [3.8, 4) is 0 Å². The molecular weight excluding hydrogens is 239 g/mol. The maximum Gasteiger partial charge on any atom is 0.125 e. The summed E-state index contributed by atoms with van der Waals surface area (Å²) in [6.45, 7) is 0.555. The fourth-order valence-corrected chi connectivity index (χ4v) is 2.65. The number of rotatable bonds is 3. The molecule has 1 saturated carbocycles. The second-order valence-electron chi connectivity index (χ2n) is 4.79. The van der Waals surface area contributed by atoms with E-state index in [0.29, 0.717) is 17.3 Å². The minimum absolute atomic E-state index is 0.115. The Labute approximate surface area is 106 Å². The molecule has 0 bridgehead atoms. The molecule has 1 aliphatic rings. The minimum atomic E-state index is -0.278. The van der Waals surface area contributed by atoms with E-state index in [9.17, 15) is 4.39 Å². The van der Waals surface area contributed by atoms with Gasteiger partial charge in [0, 0.05) is 12.1 Å². The fourth-order valence-electron chi connectivity index (χ4n) is 2.49. The minimum Gasteiger partial charge on any atom is -0.377 e. The van der Waals surface area contributed by atoms with Gasteiger partial charge in [-0.3, -0.25) is 0 Å². The van der Waals surface area contributed by atoms with Gasteiger partial charge in [-0.1, -0.05) is 30.9 Å². The second kappa shape index (κ2) is 5.23. The molecule has 2 nitrogen and oxygen atoms in total. The Morgan fingerprint density at radius 1 is 1.29 bits per heavy atom. The van der Waals surface area contributed by atoms with Crippen LogP contribution in [-0.4, -0.2) is 12.1 Å². The summed E-state index contributed by atoms with van der Waals surface area (Å²) in [5.74, 6) is -0.278. The van der Waals surface area contributed by atoms with Crippen LogP contribution in [-0.2, 0) is 0 Å². The van der Waals surface area contributed by atoms with Gasteiger partial charge in [-0.2, -0.15) is 0 Å². The van der Waals surface area contributed by atoms with E-state index in [1.807, 2.05) is 0 Å². The first-order valence-electron chi connectivity index (χ1n) is 6.08. The Balaban J connectivity index is 2.20. The highest BCUT2D eigenvalue weighted by molar-refractivity contribution is 6.33. The van der Waals surface area contributed by atoms with Crippen LogP contribution in [0.25, 0.3) is 0 Å². The van der Waals surface area contributed by atoms with E-state index in [4.69, 9.17) is 17.3 Å². The molecule has 0 saturated heterocycles. The average molecular weight is 257 g/mol. The van der Waals surface area contributed by atoms with Crippen molar-refractivity contribution in [3.05, 3.63) is 29.0 Å². The largest absolute Gasteiger partial charge is 0.377 e. The number of halogens is 2. The molecule has 0 aliphatic heterocycles. The standard InChI is InChI=1S/C13H18ClFN2/c14-11-5-4-10(15)8-12(11)17-13(9-16)6-2-1-3-7-13/h4-5,8,17H,1-3,6-7,9,16H2. The van der Waals surface area contributed by atoms with Gasteiger partial charge in [-0.25, -0.2) is 4.39 Å². The van der Waals surface area contributed by atoms with Crippen molar-refractivity contribution in [2.75, 3.05) is 11.9 Å². The van der Waals surface area contributed by atoms with Crippen LogP contribution in [0, 0.1) is 5.82 Å². The molecule has 0 spiro atoms. The number of anilines is 1. The lowest BCUT2D eigenvalue weighted by Crippen LogP contribution is -2.47. The van der Waals surface area contributed by atoms with Gasteiger partial charge in [-0.05, 0) is 31.0 Å². The maximum atomic E-state index is 13.2. The van der Waals surface area contributed by atoms with Crippen molar-refractivity contribution in [1.29, 1.82) is 0 Å². The van der Waals surface area contributed by atoms with Crippen LogP contribution in [0.15, 0.2) is 18.2 Å². The molecule has 2 rings (SSSR count). The van der Waals surface area contributed by atoms with Gasteiger partial charge in [0.05, 0.1) is 10.7 Å². The molecule has 0 heterocycles. The predicted octanol–water partition coefficient (Wildman–Crippen LogP) is 3.55. The number of benzene rings is 1. The smallest absolute Gasteiger partial charge is 0.125 e. The molecule has 0 aromatic heterocycles. The molecule has 3 N–H and O–H groups in total. The molecule has 0 atom stereocenters. The third kappa shape index (κ3) is 2.90. The van der Waals surface area contributed by atoms with Gasteiger partial charge >= 0.3 is 0 Å². The van der Waals surface area contributed by atoms with Crippen LogP contribution >= 0.6 is 11.6 Å². The van der Waals surface area contributed by atoms with Crippen LogP contribution in [0.4, 0.5) is 10.1 Å². The molecule has 94 valence electrons. The van der Waals surface area contributed by atoms with E-state index in [1.165, 1.54) is 18.6 Å². The molecule has 17 heavy (non-hydrogen) atoms. The van der Waals surface area contributed by atoms with Crippen LogP contribution in [0.3, 0.4) is 0 Å². The topological polar surface area (TPSA) is 38.0 Å². The number of nitrogens with two attached hydrogens (primary N) is 1. The lowest BCUT2D eigenvalue weighted by atomic mass is 9.81. The van der Waals surface area contributed by atoms with Gasteiger partial charge < -0.3 is 11.1 Å². The van der Waals surface area contributed by atoms with Gasteiger partial charge in [-0.15, -0.1) is 0 Å². The third-order valence-electron chi connectivity index (χ3n) is 3.53. The Kier molecular flexibility index (Phi) is 3.89. The Morgan fingerprint density at radius 2 is 2.00 bits per heavy atom. The van der Waals surface area contributed by atoms with E-state index < -0.39 is 0 Å². The zero-order chi connectivity index (χ0) is 12.3. The summed E-state index contributed by atoms with van der Waals surface area (Å²) in [5.41, 5.74) is 6.41. The monoisotopic (exact) mass is 256 g/mol. The number of hydrogen-bond acceptors (Lipinski definition) is 2. The highest BCUT2D eigenvalue weighted by atomic mass is 35.5. The highest BCUT2D eigenvalue weighted by Gasteiger charge is 2.30. The van der Waals surface area contributed by atoms with Crippen LogP contribution < -0.4 is 11.1 Å². The normalized spacial score (nSPS) is 19.0. The van der Waals surface area contributed by atoms with E-state index in [1.54, 1.807) is 6.07 Å². The van der Waals surface area contributed by atoms with Crippen LogP contribution in [0.2, 0.25) is 5.02 Å². The van der Waals surface area contributed by atoms with Gasteiger partial charge in [0.1, 0.15) is 5.82 Å². The highest BCUT2D eigenvalue weighted by Crippen LogP contribution is 2.33. The van der Waals surface area contributed by atoms with E-state index in [-0.39, 0.29) is 11.4 Å². The summed E-state index contributed by atoms with van der Waals surface area (Å²) in [7, 11) is 0. The first-order valence-corrected chi connectivity index (χ1v) is 6.46. The molecule has 0 unspecified atom stereocenters. The first-order chi connectivity index (χ1) is 8.15. The number of hydrogen-bond donors (Lipinski definition) is 2. The summed E-state index contributed by atoms with van der Waals surface area (Å²) >= 11 is 6.06. The molecule has 0 amide bonds. The van der Waals surface area contributed by atoms with Crippen molar-refractivity contribution in [2.24, 2.45) is 5.73 Å². The maximum absolute atomic E-state index is 13.2. The van der Waals surface area contributed by atoms with Crippen molar-refractivity contribution >= 4 is 17.3 Å². The Bertz CT molecular complexity index is 389. The molecule has 1 aromatic rings. The van der Waals surface area contributed by atoms with Crippen LogP contribution in [0.5, 0.6) is 0 Å².